The normalized spacial score (nSPS) is 15.4. The molecule has 4 nitrogen and oxygen atoms in total. The molecule has 0 aromatic heterocycles. The molecule has 1 fully saturated rings. The van der Waals surface area contributed by atoms with Gasteiger partial charge in [-0.1, -0.05) is 23.7 Å². The quantitative estimate of drug-likeness (QED) is 0.687. The summed E-state index contributed by atoms with van der Waals surface area (Å²) >= 11 is 5.86. The molecule has 0 radical (unpaired) electrons. The lowest BCUT2D eigenvalue weighted by Crippen LogP contribution is -2.26. The van der Waals surface area contributed by atoms with Gasteiger partial charge >= 0.3 is 0 Å². The Morgan fingerprint density at radius 3 is 2.75 bits per heavy atom. The predicted molar refractivity (Wildman–Crippen MR) is 82.3 cm³/mol. The van der Waals surface area contributed by atoms with Gasteiger partial charge in [-0.2, -0.15) is 0 Å². The number of halogens is 1. The number of hydrogen-bond donors (Lipinski definition) is 2. The third-order valence-electron chi connectivity index (χ3n) is 3.24. The van der Waals surface area contributed by atoms with E-state index in [9.17, 15) is 8.42 Å². The maximum atomic E-state index is 11.8. The first-order chi connectivity index (χ1) is 9.55. The first-order valence-corrected chi connectivity index (χ1v) is 9.03. The summed E-state index contributed by atoms with van der Waals surface area (Å²) in [5.74, 6) is 0.180. The Morgan fingerprint density at radius 1 is 1.25 bits per heavy atom. The average Bonchev–Trinajstić information content (AvgIpc) is 3.20. The maximum Gasteiger partial charge on any atom is 0.211 e. The van der Waals surface area contributed by atoms with Crippen molar-refractivity contribution in [3.63, 3.8) is 0 Å². The Labute approximate surface area is 126 Å². The number of rotatable bonds is 9. The average molecular weight is 317 g/mol. The molecule has 0 aliphatic heterocycles. The molecule has 0 spiro atoms. The number of hydrogen-bond acceptors (Lipinski definition) is 3. The van der Waals surface area contributed by atoms with Crippen LogP contribution in [0.4, 0.5) is 0 Å². The Morgan fingerprint density at radius 2 is 2.05 bits per heavy atom. The molecule has 1 aromatic carbocycles. The summed E-state index contributed by atoms with van der Waals surface area (Å²) in [6.07, 6.45) is 4.11. The first kappa shape index (κ1) is 15.8. The highest BCUT2D eigenvalue weighted by Crippen LogP contribution is 2.18. The van der Waals surface area contributed by atoms with Crippen LogP contribution in [0.3, 0.4) is 0 Å². The van der Waals surface area contributed by atoms with Crippen LogP contribution >= 0.6 is 11.6 Å². The monoisotopic (exact) mass is 316 g/mol. The van der Waals surface area contributed by atoms with E-state index in [0.29, 0.717) is 24.0 Å². The highest BCUT2D eigenvalue weighted by atomic mass is 35.5. The van der Waals surface area contributed by atoms with E-state index in [0.717, 1.165) is 18.5 Å². The van der Waals surface area contributed by atoms with Crippen molar-refractivity contribution >= 4 is 21.6 Å². The van der Waals surface area contributed by atoms with Crippen LogP contribution < -0.4 is 10.0 Å². The summed E-state index contributed by atoms with van der Waals surface area (Å²) < 4.78 is 26.3. The number of unbranched alkanes of at least 4 members (excludes halogenated alkanes) is 1. The molecule has 1 saturated carbocycles. The van der Waals surface area contributed by atoms with Gasteiger partial charge in [0.2, 0.25) is 10.0 Å². The van der Waals surface area contributed by atoms with Crippen LogP contribution in [-0.2, 0) is 16.6 Å². The fourth-order valence-corrected chi connectivity index (χ4v) is 3.25. The third-order valence-corrected chi connectivity index (χ3v) is 4.88. The van der Waals surface area contributed by atoms with Gasteiger partial charge in [0.15, 0.2) is 0 Å². The van der Waals surface area contributed by atoms with E-state index in [1.54, 1.807) is 12.1 Å². The Kier molecular flexibility index (Phi) is 5.84. The van der Waals surface area contributed by atoms with Gasteiger partial charge < -0.3 is 5.32 Å². The van der Waals surface area contributed by atoms with E-state index in [1.807, 2.05) is 12.1 Å². The minimum absolute atomic E-state index is 0.180. The van der Waals surface area contributed by atoms with E-state index < -0.39 is 10.0 Å². The minimum atomic E-state index is -3.20. The summed E-state index contributed by atoms with van der Waals surface area (Å²) in [5.41, 5.74) is 0.872. The van der Waals surface area contributed by atoms with Gasteiger partial charge in [-0.15, -0.1) is 0 Å². The Bertz CT molecular complexity index is 530. The SMILES string of the molecule is O=S(=O)(CCCCNC1CC1)NCc1cccc(Cl)c1. The van der Waals surface area contributed by atoms with Crippen molar-refractivity contribution < 1.29 is 8.42 Å². The van der Waals surface area contributed by atoms with Crippen LogP contribution in [0.2, 0.25) is 5.02 Å². The molecule has 0 atom stereocenters. The molecule has 6 heteroatoms. The standard InChI is InChI=1S/C14H21ClN2O2S/c15-13-5-3-4-12(10-13)11-17-20(18,19)9-2-1-8-16-14-6-7-14/h3-5,10,14,16-17H,1-2,6-9,11H2. The molecule has 2 rings (SSSR count). The molecule has 2 N–H and O–H groups in total. The van der Waals surface area contributed by atoms with E-state index in [1.165, 1.54) is 12.8 Å². The molecule has 112 valence electrons. The summed E-state index contributed by atoms with van der Waals surface area (Å²) in [7, 11) is -3.20. The van der Waals surface area contributed by atoms with Crippen molar-refractivity contribution in [1.82, 2.24) is 10.0 Å². The smallest absolute Gasteiger partial charge is 0.211 e. The highest BCUT2D eigenvalue weighted by molar-refractivity contribution is 7.89. The summed E-state index contributed by atoms with van der Waals surface area (Å²) in [6, 6.07) is 7.90. The fourth-order valence-electron chi connectivity index (χ4n) is 1.92. The lowest BCUT2D eigenvalue weighted by atomic mass is 10.2. The lowest BCUT2D eigenvalue weighted by Gasteiger charge is -2.07. The zero-order chi connectivity index (χ0) is 14.4. The summed E-state index contributed by atoms with van der Waals surface area (Å²) in [6.45, 7) is 1.21. The molecular formula is C14H21ClN2O2S. The molecule has 1 aliphatic carbocycles. The Hall–Kier alpha value is -0.620. The first-order valence-electron chi connectivity index (χ1n) is 7.00. The van der Waals surface area contributed by atoms with Crippen LogP contribution in [0.5, 0.6) is 0 Å². The number of sulfonamides is 1. The van der Waals surface area contributed by atoms with E-state index in [4.69, 9.17) is 11.6 Å². The van der Waals surface area contributed by atoms with Crippen LogP contribution in [0.1, 0.15) is 31.2 Å². The molecule has 1 aliphatic rings. The van der Waals surface area contributed by atoms with Crippen molar-refractivity contribution in [1.29, 1.82) is 0 Å². The minimum Gasteiger partial charge on any atom is -0.314 e. The van der Waals surface area contributed by atoms with Crippen molar-refractivity contribution in [3.8, 4) is 0 Å². The largest absolute Gasteiger partial charge is 0.314 e. The second kappa shape index (κ2) is 7.41. The predicted octanol–water partition coefficient (Wildman–Crippen LogP) is 2.29. The summed E-state index contributed by atoms with van der Waals surface area (Å²) in [4.78, 5) is 0. The van der Waals surface area contributed by atoms with Gasteiger partial charge in [-0.05, 0) is 49.9 Å². The molecule has 0 heterocycles. The molecule has 0 saturated heterocycles. The van der Waals surface area contributed by atoms with Gasteiger partial charge in [-0.25, -0.2) is 13.1 Å². The van der Waals surface area contributed by atoms with Gasteiger partial charge in [0.05, 0.1) is 5.75 Å². The van der Waals surface area contributed by atoms with Crippen molar-refractivity contribution in [2.75, 3.05) is 12.3 Å². The van der Waals surface area contributed by atoms with Crippen LogP contribution in [0, 0.1) is 0 Å². The lowest BCUT2D eigenvalue weighted by molar-refractivity contribution is 0.573. The number of nitrogens with one attached hydrogen (secondary N) is 2. The fraction of sp³-hybridized carbons (Fsp3) is 0.571. The maximum absolute atomic E-state index is 11.8. The van der Waals surface area contributed by atoms with E-state index in [-0.39, 0.29) is 5.75 Å². The molecular weight excluding hydrogens is 296 g/mol. The van der Waals surface area contributed by atoms with Crippen molar-refractivity contribution in [2.24, 2.45) is 0 Å². The van der Waals surface area contributed by atoms with Crippen LogP contribution in [0.15, 0.2) is 24.3 Å². The van der Waals surface area contributed by atoms with Gasteiger partial charge in [0.25, 0.3) is 0 Å². The van der Waals surface area contributed by atoms with Crippen molar-refractivity contribution in [2.45, 2.75) is 38.3 Å². The van der Waals surface area contributed by atoms with Crippen molar-refractivity contribution in [3.05, 3.63) is 34.9 Å². The van der Waals surface area contributed by atoms with E-state index in [2.05, 4.69) is 10.0 Å². The van der Waals surface area contributed by atoms with Gasteiger partial charge in [-0.3, -0.25) is 0 Å². The molecule has 0 bridgehead atoms. The third kappa shape index (κ3) is 6.22. The molecule has 0 amide bonds. The van der Waals surface area contributed by atoms with Crippen LogP contribution in [-0.4, -0.2) is 26.8 Å². The molecule has 20 heavy (non-hydrogen) atoms. The highest BCUT2D eigenvalue weighted by Gasteiger charge is 2.19. The zero-order valence-corrected chi connectivity index (χ0v) is 13.0. The van der Waals surface area contributed by atoms with E-state index >= 15 is 0 Å². The topological polar surface area (TPSA) is 58.2 Å². The van der Waals surface area contributed by atoms with Gasteiger partial charge in [0.1, 0.15) is 0 Å². The summed E-state index contributed by atoms with van der Waals surface area (Å²) in [5, 5.41) is 4.00. The second-order valence-electron chi connectivity index (χ2n) is 5.21. The second-order valence-corrected chi connectivity index (χ2v) is 7.57. The van der Waals surface area contributed by atoms with Gasteiger partial charge in [0, 0.05) is 17.6 Å². The molecule has 1 aromatic rings. The zero-order valence-electron chi connectivity index (χ0n) is 11.4. The number of benzene rings is 1. The Balaban J connectivity index is 1.64. The molecule has 0 unspecified atom stereocenters. The van der Waals surface area contributed by atoms with Crippen LogP contribution in [0.25, 0.3) is 0 Å².